The molecule has 2 unspecified atom stereocenters. The summed E-state index contributed by atoms with van der Waals surface area (Å²) in [4.78, 5) is 2.43. The second-order valence-electron chi connectivity index (χ2n) is 6.22. The number of aliphatic hydroxyl groups excluding tert-OH is 1. The molecule has 5 nitrogen and oxygen atoms in total. The maximum absolute atomic E-state index is 9.52. The Kier molecular flexibility index (Phi) is 6.21. The number of rotatable bonds is 7. The van der Waals surface area contributed by atoms with Crippen LogP contribution < -0.4 is 5.73 Å². The maximum atomic E-state index is 9.52. The molecule has 3 N–H and O–H groups in total. The predicted octanol–water partition coefficient (Wildman–Crippen LogP) is 1.83. The van der Waals surface area contributed by atoms with Crippen molar-refractivity contribution in [2.45, 2.75) is 63.6 Å². The van der Waals surface area contributed by atoms with Crippen molar-refractivity contribution in [3.05, 3.63) is 18.0 Å². The lowest BCUT2D eigenvalue weighted by Crippen LogP contribution is -2.47. The molecule has 1 aliphatic carbocycles. The third-order valence-corrected chi connectivity index (χ3v) is 4.70. The highest BCUT2D eigenvalue weighted by Gasteiger charge is 2.32. The van der Waals surface area contributed by atoms with Crippen LogP contribution >= 0.6 is 0 Å². The molecular weight excluding hydrogens is 264 g/mol. The molecule has 21 heavy (non-hydrogen) atoms. The van der Waals surface area contributed by atoms with Crippen molar-refractivity contribution < 1.29 is 5.11 Å². The molecule has 1 fully saturated rings. The minimum absolute atomic E-state index is 0.0719. The number of nitrogens with zero attached hydrogens (tertiary/aromatic N) is 3. The molecule has 0 aliphatic heterocycles. The van der Waals surface area contributed by atoms with Gasteiger partial charge in [0.05, 0.1) is 18.8 Å². The maximum Gasteiger partial charge on any atom is 0.0558 e. The number of hydrogen-bond acceptors (Lipinski definition) is 4. The Morgan fingerprint density at radius 2 is 2.14 bits per heavy atom. The highest BCUT2D eigenvalue weighted by molar-refractivity contribution is 5.14. The fraction of sp³-hybridized carbons (Fsp3) is 0.812. The summed E-state index contributed by atoms with van der Waals surface area (Å²) >= 11 is 0. The van der Waals surface area contributed by atoms with Crippen LogP contribution in [0.1, 0.15) is 57.1 Å². The third kappa shape index (κ3) is 4.05. The summed E-state index contributed by atoms with van der Waals surface area (Å²) < 4.78 is 1.84. The lowest BCUT2D eigenvalue weighted by molar-refractivity contribution is 0.0665. The topological polar surface area (TPSA) is 67.3 Å². The fourth-order valence-electron chi connectivity index (χ4n) is 3.58. The molecule has 1 saturated carbocycles. The van der Waals surface area contributed by atoms with Crippen LogP contribution in [0, 0.1) is 0 Å². The molecule has 0 amide bonds. The Hall–Kier alpha value is -0.910. The van der Waals surface area contributed by atoms with Gasteiger partial charge in [-0.05, 0) is 19.3 Å². The van der Waals surface area contributed by atoms with Crippen molar-refractivity contribution in [2.75, 3.05) is 13.2 Å². The lowest BCUT2D eigenvalue weighted by atomic mass is 9.90. The molecule has 0 bridgehead atoms. The highest BCUT2D eigenvalue weighted by atomic mass is 16.3. The normalized spacial score (nSPS) is 19.9. The summed E-state index contributed by atoms with van der Waals surface area (Å²) in [5.41, 5.74) is 7.61. The Bertz CT molecular complexity index is 414. The number of aliphatic hydroxyl groups is 1. The van der Waals surface area contributed by atoms with E-state index >= 15 is 0 Å². The van der Waals surface area contributed by atoms with Crippen LogP contribution in [-0.2, 0) is 7.05 Å². The molecular formula is C16H30N4O. The van der Waals surface area contributed by atoms with Gasteiger partial charge in [-0.2, -0.15) is 5.10 Å². The highest BCUT2D eigenvalue weighted by Crippen LogP contribution is 2.32. The van der Waals surface area contributed by atoms with E-state index in [1.807, 2.05) is 17.9 Å². The van der Waals surface area contributed by atoms with Gasteiger partial charge in [0.2, 0.25) is 0 Å². The summed E-state index contributed by atoms with van der Waals surface area (Å²) in [6, 6.07) is 0.760. The Balaban J connectivity index is 2.25. The molecule has 0 spiro atoms. The molecule has 0 aromatic carbocycles. The van der Waals surface area contributed by atoms with E-state index < -0.39 is 0 Å². The Labute approximate surface area is 128 Å². The zero-order valence-electron chi connectivity index (χ0n) is 13.4. The van der Waals surface area contributed by atoms with Gasteiger partial charge in [-0.1, -0.05) is 26.2 Å². The van der Waals surface area contributed by atoms with E-state index in [1.54, 1.807) is 0 Å². The molecule has 2 atom stereocenters. The van der Waals surface area contributed by atoms with E-state index in [4.69, 9.17) is 5.73 Å². The molecule has 0 radical (unpaired) electrons. The number of aromatic nitrogens is 2. The quantitative estimate of drug-likeness (QED) is 0.805. The van der Waals surface area contributed by atoms with Crippen LogP contribution in [0.2, 0.25) is 0 Å². The second kappa shape index (κ2) is 7.92. The Morgan fingerprint density at radius 1 is 1.43 bits per heavy atom. The van der Waals surface area contributed by atoms with Gasteiger partial charge >= 0.3 is 0 Å². The summed E-state index contributed by atoms with van der Waals surface area (Å²) in [5, 5.41) is 13.8. The first-order valence-electron chi connectivity index (χ1n) is 8.28. The van der Waals surface area contributed by atoms with Gasteiger partial charge in [0.15, 0.2) is 0 Å². The molecule has 1 heterocycles. The van der Waals surface area contributed by atoms with Crippen molar-refractivity contribution in [2.24, 2.45) is 12.8 Å². The fourth-order valence-corrected chi connectivity index (χ4v) is 3.58. The molecule has 120 valence electrons. The molecule has 1 aliphatic rings. The zero-order chi connectivity index (χ0) is 15.2. The molecule has 1 aromatic rings. The molecule has 5 heteroatoms. The van der Waals surface area contributed by atoms with Gasteiger partial charge < -0.3 is 10.8 Å². The van der Waals surface area contributed by atoms with E-state index in [0.717, 1.165) is 6.42 Å². The lowest BCUT2D eigenvalue weighted by Gasteiger charge is -2.41. The molecule has 2 rings (SSSR count). The van der Waals surface area contributed by atoms with Crippen LogP contribution in [0.15, 0.2) is 12.4 Å². The van der Waals surface area contributed by atoms with Crippen LogP contribution in [0.3, 0.4) is 0 Å². The minimum Gasteiger partial charge on any atom is -0.395 e. The van der Waals surface area contributed by atoms with Gasteiger partial charge in [0, 0.05) is 37.4 Å². The average molecular weight is 294 g/mol. The van der Waals surface area contributed by atoms with E-state index in [-0.39, 0.29) is 18.7 Å². The van der Waals surface area contributed by atoms with E-state index in [2.05, 4.69) is 23.1 Å². The number of hydrogen-bond donors (Lipinski definition) is 2. The van der Waals surface area contributed by atoms with Gasteiger partial charge in [-0.3, -0.25) is 9.58 Å². The summed E-state index contributed by atoms with van der Waals surface area (Å²) in [7, 11) is 1.94. The van der Waals surface area contributed by atoms with Crippen molar-refractivity contribution in [3.63, 3.8) is 0 Å². The van der Waals surface area contributed by atoms with Gasteiger partial charge in [-0.25, -0.2) is 0 Å². The van der Waals surface area contributed by atoms with E-state index in [0.29, 0.717) is 12.6 Å². The summed E-state index contributed by atoms with van der Waals surface area (Å²) in [5.74, 6) is 0. The number of aryl methyl sites for hydroxylation is 1. The van der Waals surface area contributed by atoms with Gasteiger partial charge in [0.1, 0.15) is 0 Å². The first-order chi connectivity index (χ1) is 10.2. The van der Waals surface area contributed by atoms with E-state index in [1.165, 1.54) is 37.7 Å². The minimum atomic E-state index is 0.0719. The van der Waals surface area contributed by atoms with Crippen LogP contribution in [0.5, 0.6) is 0 Å². The van der Waals surface area contributed by atoms with Gasteiger partial charge in [-0.15, -0.1) is 0 Å². The summed E-state index contributed by atoms with van der Waals surface area (Å²) in [6.45, 7) is 3.01. The first kappa shape index (κ1) is 16.5. The molecule has 1 aromatic heterocycles. The standard InChI is InChI=1S/C16H30N4O/c1-3-15(17)16(13-11-18-19(2)12-13)20(9-10-21)14-7-5-4-6-8-14/h11-12,14-16,21H,3-10,17H2,1-2H3. The largest absolute Gasteiger partial charge is 0.395 e. The third-order valence-electron chi connectivity index (χ3n) is 4.70. The van der Waals surface area contributed by atoms with Crippen molar-refractivity contribution >= 4 is 0 Å². The zero-order valence-corrected chi connectivity index (χ0v) is 13.4. The number of nitrogens with two attached hydrogens (primary N) is 1. The van der Waals surface area contributed by atoms with Crippen molar-refractivity contribution in [1.29, 1.82) is 0 Å². The first-order valence-corrected chi connectivity index (χ1v) is 8.28. The van der Waals surface area contributed by atoms with Crippen molar-refractivity contribution in [3.8, 4) is 0 Å². The SMILES string of the molecule is CCC(N)C(c1cnn(C)c1)N(CCO)C1CCCCC1. The monoisotopic (exact) mass is 294 g/mol. The second-order valence-corrected chi connectivity index (χ2v) is 6.22. The average Bonchev–Trinajstić information content (AvgIpc) is 2.93. The van der Waals surface area contributed by atoms with Gasteiger partial charge in [0.25, 0.3) is 0 Å². The van der Waals surface area contributed by atoms with Crippen LogP contribution in [-0.4, -0.2) is 45.0 Å². The van der Waals surface area contributed by atoms with Crippen molar-refractivity contribution in [1.82, 2.24) is 14.7 Å². The molecule has 0 saturated heterocycles. The predicted molar refractivity (Wildman–Crippen MR) is 84.9 cm³/mol. The Morgan fingerprint density at radius 3 is 2.67 bits per heavy atom. The van der Waals surface area contributed by atoms with E-state index in [9.17, 15) is 5.11 Å². The summed E-state index contributed by atoms with van der Waals surface area (Å²) in [6.07, 6.45) is 11.2. The van der Waals surface area contributed by atoms with Crippen LogP contribution in [0.25, 0.3) is 0 Å². The van der Waals surface area contributed by atoms with Crippen LogP contribution in [0.4, 0.5) is 0 Å². The smallest absolute Gasteiger partial charge is 0.0558 e.